The highest BCUT2D eigenvalue weighted by atomic mass is 19.1. The molecule has 0 aliphatic carbocycles. The minimum absolute atomic E-state index is 0.163. The molecule has 9 heteroatoms. The van der Waals surface area contributed by atoms with Crippen molar-refractivity contribution in [2.45, 2.75) is 64.2 Å². The molecule has 0 spiro atoms. The first-order valence-corrected chi connectivity index (χ1v) is 16.4. The van der Waals surface area contributed by atoms with Crippen molar-refractivity contribution >= 4 is 6.47 Å². The highest BCUT2D eigenvalue weighted by Crippen LogP contribution is 2.31. The van der Waals surface area contributed by atoms with Gasteiger partial charge in [0.2, 0.25) is 0 Å². The predicted octanol–water partition coefficient (Wildman–Crippen LogP) is 6.38. The van der Waals surface area contributed by atoms with Crippen molar-refractivity contribution in [3.63, 3.8) is 0 Å². The Morgan fingerprint density at radius 2 is 1.67 bits per heavy atom. The minimum atomic E-state index is -0.240. The van der Waals surface area contributed by atoms with Crippen LogP contribution in [0.4, 0.5) is 4.39 Å². The fraction of sp³-hybridized carbons (Fsp3) is 0.486. The molecule has 1 aliphatic heterocycles. The van der Waals surface area contributed by atoms with E-state index in [2.05, 4.69) is 30.4 Å². The molecule has 0 aromatic heterocycles. The molecule has 0 saturated carbocycles. The molecule has 8 nitrogen and oxygen atoms in total. The van der Waals surface area contributed by atoms with Crippen molar-refractivity contribution in [3.8, 4) is 11.5 Å². The second-order valence-corrected chi connectivity index (χ2v) is 11.3. The molecule has 1 aliphatic rings. The molecule has 0 saturated heterocycles. The number of ether oxygens (including phenoxy) is 6. The van der Waals surface area contributed by atoms with Crippen LogP contribution in [0.5, 0.6) is 11.5 Å². The van der Waals surface area contributed by atoms with E-state index < -0.39 is 0 Å². The maximum Gasteiger partial charge on any atom is 0.293 e. The van der Waals surface area contributed by atoms with Gasteiger partial charge in [-0.1, -0.05) is 49.7 Å². The number of hydrogen-bond donors (Lipinski definition) is 1. The average Bonchev–Trinajstić information content (AvgIpc) is 3.48. The monoisotopic (exact) mass is 637 g/mol. The number of nitrogens with one attached hydrogen (secondary N) is 1. The molecule has 46 heavy (non-hydrogen) atoms. The van der Waals surface area contributed by atoms with Gasteiger partial charge in [-0.3, -0.25) is 4.79 Å². The van der Waals surface area contributed by atoms with Gasteiger partial charge in [-0.15, -0.1) is 0 Å². The molecule has 0 radical (unpaired) electrons. The average molecular weight is 638 g/mol. The summed E-state index contributed by atoms with van der Waals surface area (Å²) in [6.07, 6.45) is 5.09. The molecule has 2 atom stereocenters. The summed E-state index contributed by atoms with van der Waals surface area (Å²) in [4.78, 5) is 10.8. The van der Waals surface area contributed by atoms with Crippen molar-refractivity contribution in [2.75, 3.05) is 52.8 Å². The lowest BCUT2D eigenvalue weighted by molar-refractivity contribution is -0.134. The Morgan fingerprint density at radius 1 is 0.913 bits per heavy atom. The van der Waals surface area contributed by atoms with Crippen molar-refractivity contribution < 1.29 is 37.6 Å². The smallest absolute Gasteiger partial charge is 0.293 e. The number of halogens is 1. The van der Waals surface area contributed by atoms with Crippen LogP contribution in [0.15, 0.2) is 66.7 Å². The van der Waals surface area contributed by atoms with Gasteiger partial charge >= 0.3 is 0 Å². The maximum atomic E-state index is 13.1. The molecule has 0 fully saturated rings. The molecule has 2 unspecified atom stereocenters. The normalized spacial score (nSPS) is 14.4. The Labute approximate surface area is 272 Å². The van der Waals surface area contributed by atoms with Gasteiger partial charge in [-0.05, 0) is 71.8 Å². The summed E-state index contributed by atoms with van der Waals surface area (Å²) in [6, 6.07) is 20.8. The highest BCUT2D eigenvalue weighted by Gasteiger charge is 2.22. The van der Waals surface area contributed by atoms with Crippen LogP contribution in [-0.4, -0.2) is 65.4 Å². The summed E-state index contributed by atoms with van der Waals surface area (Å²) < 4.78 is 47.2. The van der Waals surface area contributed by atoms with Crippen LogP contribution in [0, 0.1) is 5.82 Å². The number of carbonyl (C=O) groups excluding carboxylic acids is 1. The van der Waals surface area contributed by atoms with E-state index >= 15 is 0 Å². The lowest BCUT2D eigenvalue weighted by Crippen LogP contribution is -2.20. The van der Waals surface area contributed by atoms with E-state index in [0.29, 0.717) is 52.7 Å². The largest absolute Gasteiger partial charge is 0.493 e. The fourth-order valence-corrected chi connectivity index (χ4v) is 5.31. The molecule has 3 aromatic carbocycles. The Balaban J connectivity index is 0.944. The number of aryl methyl sites for hydroxylation is 1. The zero-order chi connectivity index (χ0) is 32.2. The Morgan fingerprint density at radius 3 is 2.46 bits per heavy atom. The minimum Gasteiger partial charge on any atom is -0.493 e. The van der Waals surface area contributed by atoms with Crippen molar-refractivity contribution in [3.05, 3.63) is 94.8 Å². The number of carbonyl (C=O) groups is 1. The molecular formula is C37H48FNO7. The Bertz CT molecular complexity index is 1290. The van der Waals surface area contributed by atoms with Gasteiger partial charge in [-0.2, -0.15) is 0 Å². The van der Waals surface area contributed by atoms with E-state index in [9.17, 15) is 9.18 Å². The zero-order valence-corrected chi connectivity index (χ0v) is 26.9. The van der Waals surface area contributed by atoms with E-state index in [1.165, 1.54) is 23.3 Å². The van der Waals surface area contributed by atoms with Gasteiger partial charge in [0.15, 0.2) is 0 Å². The molecule has 0 amide bonds. The number of hydrogen-bond acceptors (Lipinski definition) is 8. The van der Waals surface area contributed by atoms with E-state index in [1.807, 2.05) is 36.4 Å². The standard InChI is InChI=1S/C37H48FNO7/c1-2-5-36(45-28-40)31-6-3-7-34(25-31)44-18-4-17-41-20-22-43-23-21-42-19-16-39-27-30-8-12-32-26-35(46-37(32)24-30)15-11-29-9-13-33(38)14-10-29/h3,6-10,12-14,24-25,28,35-36,39H,2,4-5,11,15-23,26-27H2,1H3. The van der Waals surface area contributed by atoms with Crippen LogP contribution >= 0.6 is 0 Å². The zero-order valence-electron chi connectivity index (χ0n) is 26.9. The van der Waals surface area contributed by atoms with E-state index in [-0.39, 0.29) is 18.0 Å². The van der Waals surface area contributed by atoms with Crippen LogP contribution in [0.1, 0.15) is 61.0 Å². The lowest BCUT2D eigenvalue weighted by atomic mass is 10.0. The van der Waals surface area contributed by atoms with Gasteiger partial charge in [0, 0.05) is 32.5 Å². The summed E-state index contributed by atoms with van der Waals surface area (Å²) in [7, 11) is 0. The SMILES string of the molecule is CCCC(OC=O)c1cccc(OCCCOCCOCCOCCNCc2ccc3c(c2)OC(CCc2ccc(F)cc2)C3)c1. The van der Waals surface area contributed by atoms with Crippen LogP contribution in [0.2, 0.25) is 0 Å². The second-order valence-electron chi connectivity index (χ2n) is 11.3. The van der Waals surface area contributed by atoms with Gasteiger partial charge in [-0.25, -0.2) is 4.39 Å². The quantitative estimate of drug-likeness (QED) is 0.0895. The summed E-state index contributed by atoms with van der Waals surface area (Å²) in [5, 5.41) is 3.42. The molecule has 4 rings (SSSR count). The number of benzene rings is 3. The topological polar surface area (TPSA) is 84.5 Å². The van der Waals surface area contributed by atoms with Gasteiger partial charge < -0.3 is 33.7 Å². The first kappa shape index (κ1) is 35.4. The maximum absolute atomic E-state index is 13.1. The summed E-state index contributed by atoms with van der Waals surface area (Å²) in [5.41, 5.74) is 4.50. The predicted molar refractivity (Wildman–Crippen MR) is 175 cm³/mol. The van der Waals surface area contributed by atoms with Gasteiger partial charge in [0.05, 0.1) is 39.6 Å². The van der Waals surface area contributed by atoms with Crippen molar-refractivity contribution in [1.29, 1.82) is 0 Å². The third kappa shape index (κ3) is 12.7. The molecular weight excluding hydrogens is 589 g/mol. The first-order valence-electron chi connectivity index (χ1n) is 16.4. The van der Waals surface area contributed by atoms with E-state index in [0.717, 1.165) is 74.2 Å². The molecule has 3 aromatic rings. The first-order chi connectivity index (χ1) is 22.6. The van der Waals surface area contributed by atoms with Crippen LogP contribution in [-0.2, 0) is 43.1 Å². The van der Waals surface area contributed by atoms with Gasteiger partial charge in [0.1, 0.15) is 29.5 Å². The molecule has 0 bridgehead atoms. The highest BCUT2D eigenvalue weighted by molar-refractivity contribution is 5.41. The van der Waals surface area contributed by atoms with Gasteiger partial charge in [0.25, 0.3) is 6.47 Å². The third-order valence-electron chi connectivity index (χ3n) is 7.74. The van der Waals surface area contributed by atoms with Crippen LogP contribution in [0.25, 0.3) is 0 Å². The third-order valence-corrected chi connectivity index (χ3v) is 7.74. The lowest BCUT2D eigenvalue weighted by Gasteiger charge is -2.16. The van der Waals surface area contributed by atoms with E-state index in [1.54, 1.807) is 0 Å². The summed E-state index contributed by atoms with van der Waals surface area (Å²) in [5.74, 6) is 1.53. The van der Waals surface area contributed by atoms with Crippen LogP contribution < -0.4 is 14.8 Å². The number of rotatable bonds is 24. The Kier molecular flexibility index (Phi) is 15.8. The van der Waals surface area contributed by atoms with Crippen molar-refractivity contribution in [2.24, 2.45) is 0 Å². The molecule has 1 heterocycles. The van der Waals surface area contributed by atoms with Crippen LogP contribution in [0.3, 0.4) is 0 Å². The van der Waals surface area contributed by atoms with Crippen molar-refractivity contribution in [1.82, 2.24) is 5.32 Å². The second kappa shape index (κ2) is 20.6. The summed E-state index contributed by atoms with van der Waals surface area (Å²) in [6.45, 7) is 7.92. The fourth-order valence-electron chi connectivity index (χ4n) is 5.31. The summed E-state index contributed by atoms with van der Waals surface area (Å²) >= 11 is 0. The molecule has 250 valence electrons. The number of fused-ring (bicyclic) bond motifs is 1. The van der Waals surface area contributed by atoms with E-state index in [4.69, 9.17) is 28.4 Å². The Hall–Kier alpha value is -3.50. The molecule has 1 N–H and O–H groups in total.